The molecule has 0 aliphatic carbocycles. The molecule has 0 N–H and O–H groups in total. The van der Waals surface area contributed by atoms with Crippen LogP contribution in [-0.2, 0) is 6.54 Å². The third-order valence-corrected chi connectivity index (χ3v) is 5.10. The van der Waals surface area contributed by atoms with Crippen LogP contribution in [0.5, 0.6) is 0 Å². The number of aromatic nitrogens is 1. The number of hydrogen-bond donors (Lipinski definition) is 0. The lowest BCUT2D eigenvalue weighted by atomic mass is 10.0. The van der Waals surface area contributed by atoms with Gasteiger partial charge >= 0.3 is 0 Å². The summed E-state index contributed by atoms with van der Waals surface area (Å²) in [5, 5.41) is 1.45. The van der Waals surface area contributed by atoms with Gasteiger partial charge in [-0.25, -0.2) is 0 Å². The third-order valence-electron chi connectivity index (χ3n) is 4.51. The lowest BCUT2D eigenvalue weighted by Crippen LogP contribution is -2.42. The predicted octanol–water partition coefficient (Wildman–Crippen LogP) is 4.87. The molecule has 0 bridgehead atoms. The molecule has 0 saturated carbocycles. The maximum Gasteiger partial charge on any atom is 0.116 e. The first-order chi connectivity index (χ1) is 10.1. The standard InChI is InChI=1S/C17H19Cl2N2/c1-21(12-14-6-7-15(18)10-16(14)19)9-3-5-17(21)13-4-2-8-20-11-13/h2,4,6-8,10-11,17H,3,5,9,12H2,1H3/q+1. The topological polar surface area (TPSA) is 12.9 Å². The van der Waals surface area contributed by atoms with Crippen LogP contribution in [0.15, 0.2) is 42.7 Å². The first-order valence-corrected chi connectivity index (χ1v) is 8.02. The Kier molecular flexibility index (Phi) is 4.21. The predicted molar refractivity (Wildman–Crippen MR) is 87.4 cm³/mol. The van der Waals surface area contributed by atoms with Crippen molar-refractivity contribution in [2.24, 2.45) is 0 Å². The van der Waals surface area contributed by atoms with Gasteiger partial charge in [0.05, 0.1) is 18.6 Å². The van der Waals surface area contributed by atoms with Crippen LogP contribution in [0.25, 0.3) is 0 Å². The summed E-state index contributed by atoms with van der Waals surface area (Å²) in [7, 11) is 2.32. The quantitative estimate of drug-likeness (QED) is 0.735. The summed E-state index contributed by atoms with van der Waals surface area (Å²) < 4.78 is 0.979. The second-order valence-corrected chi connectivity index (χ2v) is 6.88. The number of hydrogen-bond acceptors (Lipinski definition) is 1. The van der Waals surface area contributed by atoms with Gasteiger partial charge in [0.1, 0.15) is 12.6 Å². The minimum atomic E-state index is 0.491. The number of halogens is 2. The van der Waals surface area contributed by atoms with Crippen molar-refractivity contribution in [3.05, 3.63) is 63.9 Å². The SMILES string of the molecule is C[N+]1(Cc2ccc(Cl)cc2Cl)CCCC1c1cccnc1. The first-order valence-electron chi connectivity index (χ1n) is 7.26. The minimum Gasteiger partial charge on any atom is -0.316 e. The summed E-state index contributed by atoms with van der Waals surface area (Å²) in [4.78, 5) is 4.28. The Morgan fingerprint density at radius 1 is 1.29 bits per heavy atom. The van der Waals surface area contributed by atoms with Crippen LogP contribution < -0.4 is 0 Å². The van der Waals surface area contributed by atoms with E-state index in [1.54, 1.807) is 0 Å². The van der Waals surface area contributed by atoms with E-state index in [0.29, 0.717) is 11.1 Å². The van der Waals surface area contributed by atoms with Gasteiger partial charge in [-0.2, -0.15) is 0 Å². The largest absolute Gasteiger partial charge is 0.316 e. The Balaban J connectivity index is 1.88. The summed E-state index contributed by atoms with van der Waals surface area (Å²) in [5.74, 6) is 0. The van der Waals surface area contributed by atoms with Gasteiger partial charge in [0.25, 0.3) is 0 Å². The monoisotopic (exact) mass is 321 g/mol. The molecular weight excluding hydrogens is 303 g/mol. The fourth-order valence-electron chi connectivity index (χ4n) is 3.44. The molecule has 0 amide bonds. The Morgan fingerprint density at radius 3 is 2.86 bits per heavy atom. The van der Waals surface area contributed by atoms with E-state index < -0.39 is 0 Å². The number of pyridine rings is 1. The molecule has 1 fully saturated rings. The van der Waals surface area contributed by atoms with E-state index in [2.05, 4.69) is 18.1 Å². The van der Waals surface area contributed by atoms with E-state index in [1.165, 1.54) is 30.5 Å². The number of rotatable bonds is 3. The average molecular weight is 322 g/mol. The van der Waals surface area contributed by atoms with Gasteiger partial charge in [-0.15, -0.1) is 0 Å². The van der Waals surface area contributed by atoms with E-state index >= 15 is 0 Å². The van der Waals surface area contributed by atoms with E-state index in [0.717, 1.165) is 16.1 Å². The molecule has 2 unspecified atom stereocenters. The van der Waals surface area contributed by atoms with Crippen LogP contribution in [0, 0.1) is 0 Å². The van der Waals surface area contributed by atoms with Crippen molar-refractivity contribution in [3.8, 4) is 0 Å². The number of benzene rings is 1. The fourth-order valence-corrected chi connectivity index (χ4v) is 3.91. The minimum absolute atomic E-state index is 0.491. The Morgan fingerprint density at radius 2 is 2.14 bits per heavy atom. The van der Waals surface area contributed by atoms with Crippen LogP contribution in [0.2, 0.25) is 10.0 Å². The number of likely N-dealkylation sites (tertiary alicyclic amines) is 1. The Hall–Kier alpha value is -1.09. The third kappa shape index (κ3) is 3.08. The van der Waals surface area contributed by atoms with Gasteiger partial charge in [0.15, 0.2) is 0 Å². The van der Waals surface area contributed by atoms with Crippen molar-refractivity contribution >= 4 is 23.2 Å². The molecule has 1 aromatic heterocycles. The molecular formula is C17H19Cl2N2+. The van der Waals surface area contributed by atoms with Crippen LogP contribution in [0.1, 0.15) is 30.0 Å². The second kappa shape index (κ2) is 5.96. The average Bonchev–Trinajstić information content (AvgIpc) is 2.85. The molecule has 1 aromatic carbocycles. The summed E-state index contributed by atoms with van der Waals surface area (Å²) in [6.07, 6.45) is 6.27. The molecule has 2 nitrogen and oxygen atoms in total. The Bertz CT molecular complexity index is 630. The molecule has 2 atom stereocenters. The zero-order chi connectivity index (χ0) is 14.9. The van der Waals surface area contributed by atoms with Crippen molar-refractivity contribution < 1.29 is 4.48 Å². The molecule has 3 rings (SSSR count). The van der Waals surface area contributed by atoms with E-state index in [4.69, 9.17) is 23.2 Å². The zero-order valence-corrected chi connectivity index (χ0v) is 13.6. The van der Waals surface area contributed by atoms with Crippen molar-refractivity contribution in [3.63, 3.8) is 0 Å². The molecule has 110 valence electrons. The second-order valence-electron chi connectivity index (χ2n) is 6.04. The lowest BCUT2D eigenvalue weighted by molar-refractivity contribution is -0.939. The van der Waals surface area contributed by atoms with Crippen LogP contribution >= 0.6 is 23.2 Å². The summed E-state index contributed by atoms with van der Waals surface area (Å²) in [6, 6.07) is 10.5. The maximum absolute atomic E-state index is 6.36. The molecule has 1 saturated heterocycles. The highest BCUT2D eigenvalue weighted by Crippen LogP contribution is 2.39. The Labute approximate surface area is 135 Å². The van der Waals surface area contributed by atoms with Crippen LogP contribution in [0.3, 0.4) is 0 Å². The van der Waals surface area contributed by atoms with E-state index in [-0.39, 0.29) is 0 Å². The van der Waals surface area contributed by atoms with Gasteiger partial charge < -0.3 is 4.48 Å². The van der Waals surface area contributed by atoms with Crippen molar-refractivity contribution in [1.82, 2.24) is 4.98 Å². The number of quaternary nitrogens is 1. The van der Waals surface area contributed by atoms with E-state index in [9.17, 15) is 0 Å². The molecule has 21 heavy (non-hydrogen) atoms. The van der Waals surface area contributed by atoms with Gasteiger partial charge in [0.2, 0.25) is 0 Å². The van der Waals surface area contributed by atoms with Gasteiger partial charge in [-0.3, -0.25) is 4.98 Å². The highest BCUT2D eigenvalue weighted by molar-refractivity contribution is 6.35. The molecule has 0 radical (unpaired) electrons. The fraction of sp³-hybridized carbons (Fsp3) is 0.353. The van der Waals surface area contributed by atoms with Crippen LogP contribution in [-0.4, -0.2) is 23.1 Å². The lowest BCUT2D eigenvalue weighted by Gasteiger charge is -2.36. The molecule has 0 spiro atoms. The van der Waals surface area contributed by atoms with Crippen LogP contribution in [0.4, 0.5) is 0 Å². The molecule has 1 aliphatic rings. The molecule has 4 heteroatoms. The number of nitrogens with zero attached hydrogens (tertiary/aromatic N) is 2. The summed E-state index contributed by atoms with van der Waals surface area (Å²) in [5.41, 5.74) is 2.49. The highest BCUT2D eigenvalue weighted by atomic mass is 35.5. The van der Waals surface area contributed by atoms with Gasteiger partial charge in [0, 0.05) is 41.4 Å². The van der Waals surface area contributed by atoms with Crippen molar-refractivity contribution in [2.75, 3.05) is 13.6 Å². The molecule has 2 heterocycles. The summed E-state index contributed by atoms with van der Waals surface area (Å²) >= 11 is 12.4. The highest BCUT2D eigenvalue weighted by Gasteiger charge is 2.39. The molecule has 1 aliphatic heterocycles. The zero-order valence-electron chi connectivity index (χ0n) is 12.1. The van der Waals surface area contributed by atoms with E-state index in [1.807, 2.05) is 36.7 Å². The van der Waals surface area contributed by atoms with Crippen molar-refractivity contribution in [2.45, 2.75) is 25.4 Å². The summed E-state index contributed by atoms with van der Waals surface area (Å²) in [6.45, 7) is 2.09. The van der Waals surface area contributed by atoms with Gasteiger partial charge in [-0.1, -0.05) is 35.3 Å². The first kappa shape index (κ1) is 14.8. The molecule has 2 aromatic rings. The van der Waals surface area contributed by atoms with Crippen molar-refractivity contribution in [1.29, 1.82) is 0 Å². The normalized spacial score (nSPS) is 25.2. The smallest absolute Gasteiger partial charge is 0.116 e. The van der Waals surface area contributed by atoms with Gasteiger partial charge in [-0.05, 0) is 18.2 Å². The maximum atomic E-state index is 6.36.